The third-order valence-electron chi connectivity index (χ3n) is 5.51. The lowest BCUT2D eigenvalue weighted by molar-refractivity contribution is -0.143. The molecule has 7 heteroatoms. The minimum atomic E-state index is -4.56. The zero-order valence-corrected chi connectivity index (χ0v) is 17.0. The quantitative estimate of drug-likeness (QED) is 0.666. The van der Waals surface area contributed by atoms with Crippen LogP contribution in [-0.2, 0) is 11.0 Å². The van der Waals surface area contributed by atoms with Crippen molar-refractivity contribution in [3.05, 3.63) is 69.2 Å². The smallest absolute Gasteiger partial charge is 0.417 e. The Morgan fingerprint density at radius 1 is 1.21 bits per heavy atom. The van der Waals surface area contributed by atoms with Crippen molar-refractivity contribution in [1.29, 1.82) is 0 Å². The van der Waals surface area contributed by atoms with Gasteiger partial charge in [-0.25, -0.2) is 0 Å². The minimum absolute atomic E-state index is 0.289. The molecule has 2 unspecified atom stereocenters. The third kappa shape index (κ3) is 4.75. The molecule has 2 aromatic carbocycles. The molecular weight excluding hydrogens is 403 g/mol. The molecule has 0 amide bonds. The average molecular weight is 426 g/mol. The van der Waals surface area contributed by atoms with Crippen LogP contribution >= 0.6 is 11.6 Å². The lowest BCUT2D eigenvalue weighted by Crippen LogP contribution is -2.41. The first-order chi connectivity index (χ1) is 13.6. The number of hydrogen-bond acceptors (Lipinski definition) is 2. The first-order valence-electron chi connectivity index (χ1n) is 9.48. The van der Waals surface area contributed by atoms with Crippen LogP contribution in [0.25, 0.3) is 0 Å². The normalized spacial score (nSPS) is 19.2. The molecule has 2 aromatic rings. The molecule has 0 aromatic heterocycles. The summed E-state index contributed by atoms with van der Waals surface area (Å²) in [5.41, 5.74) is 2.40. The Bertz CT molecular complexity index is 913. The molecular formula is C22H23ClF3NO2. The van der Waals surface area contributed by atoms with Crippen molar-refractivity contribution < 1.29 is 23.1 Å². The SMILES string of the molecule is Cc1ccc(C)c(C(c2ccc(Cl)c(C(F)(F)F)c2)N2CCCC(C(=O)O)C2)c1. The number of aliphatic carboxylic acids is 1. The molecule has 0 spiro atoms. The van der Waals surface area contributed by atoms with Crippen molar-refractivity contribution in [2.45, 2.75) is 38.9 Å². The molecule has 156 valence electrons. The monoisotopic (exact) mass is 425 g/mol. The molecule has 1 aliphatic rings. The molecule has 0 saturated carbocycles. The Kier molecular flexibility index (Phi) is 6.24. The highest BCUT2D eigenvalue weighted by Gasteiger charge is 2.36. The number of likely N-dealkylation sites (tertiary alicyclic amines) is 1. The van der Waals surface area contributed by atoms with Gasteiger partial charge in [0.05, 0.1) is 22.5 Å². The van der Waals surface area contributed by atoms with Gasteiger partial charge in [-0.15, -0.1) is 0 Å². The second-order valence-electron chi connectivity index (χ2n) is 7.67. The molecule has 2 atom stereocenters. The Morgan fingerprint density at radius 2 is 1.93 bits per heavy atom. The fourth-order valence-corrected chi connectivity index (χ4v) is 4.24. The average Bonchev–Trinajstić information content (AvgIpc) is 2.65. The van der Waals surface area contributed by atoms with Crippen LogP contribution in [0.1, 0.15) is 46.7 Å². The highest BCUT2D eigenvalue weighted by atomic mass is 35.5. The molecule has 0 aliphatic carbocycles. The molecule has 3 rings (SSSR count). The second-order valence-corrected chi connectivity index (χ2v) is 8.08. The topological polar surface area (TPSA) is 40.5 Å². The number of piperidine rings is 1. The second kappa shape index (κ2) is 8.36. The van der Waals surface area contributed by atoms with Crippen molar-refractivity contribution >= 4 is 17.6 Å². The van der Waals surface area contributed by atoms with Gasteiger partial charge in [0, 0.05) is 6.54 Å². The molecule has 0 bridgehead atoms. The van der Waals surface area contributed by atoms with Gasteiger partial charge in [0.25, 0.3) is 0 Å². The summed E-state index contributed by atoms with van der Waals surface area (Å²) in [6.07, 6.45) is -3.32. The van der Waals surface area contributed by atoms with Crippen LogP contribution in [0.2, 0.25) is 5.02 Å². The summed E-state index contributed by atoms with van der Waals surface area (Å²) in [6, 6.07) is 9.36. The largest absolute Gasteiger partial charge is 0.481 e. The van der Waals surface area contributed by atoms with Crippen LogP contribution in [0, 0.1) is 19.8 Å². The predicted octanol–water partition coefficient (Wildman–Crippen LogP) is 5.86. The van der Waals surface area contributed by atoms with Crippen LogP contribution in [0.3, 0.4) is 0 Å². The first-order valence-corrected chi connectivity index (χ1v) is 9.86. The van der Waals surface area contributed by atoms with Crippen molar-refractivity contribution in [3.63, 3.8) is 0 Å². The van der Waals surface area contributed by atoms with Crippen molar-refractivity contribution in [2.24, 2.45) is 5.92 Å². The van der Waals surface area contributed by atoms with Crippen LogP contribution in [-0.4, -0.2) is 29.1 Å². The van der Waals surface area contributed by atoms with Gasteiger partial charge < -0.3 is 5.11 Å². The summed E-state index contributed by atoms with van der Waals surface area (Å²) in [5.74, 6) is -1.41. The van der Waals surface area contributed by atoms with E-state index in [2.05, 4.69) is 0 Å². The van der Waals surface area contributed by atoms with Crippen molar-refractivity contribution in [1.82, 2.24) is 4.90 Å². The number of benzene rings is 2. The van der Waals surface area contributed by atoms with E-state index in [1.54, 1.807) is 6.07 Å². The number of carbonyl (C=O) groups is 1. The zero-order chi connectivity index (χ0) is 21.3. The maximum atomic E-state index is 13.5. The van der Waals surface area contributed by atoms with Crippen LogP contribution < -0.4 is 0 Å². The summed E-state index contributed by atoms with van der Waals surface area (Å²) in [5, 5.41) is 9.13. The van der Waals surface area contributed by atoms with Crippen molar-refractivity contribution in [2.75, 3.05) is 13.1 Å². The standard InChI is InChI=1S/C22H23ClF3NO2/c1-13-5-6-14(2)17(10-13)20(27-9-3-4-16(12-27)21(28)29)15-7-8-19(23)18(11-15)22(24,25)26/h5-8,10-11,16,20H,3-4,9,12H2,1-2H3,(H,28,29). The molecule has 29 heavy (non-hydrogen) atoms. The summed E-state index contributed by atoms with van der Waals surface area (Å²) in [4.78, 5) is 13.5. The van der Waals surface area contributed by atoms with E-state index in [1.807, 2.05) is 36.9 Å². The van der Waals surface area contributed by atoms with Gasteiger partial charge in [0.15, 0.2) is 0 Å². The van der Waals surface area contributed by atoms with Crippen molar-refractivity contribution in [3.8, 4) is 0 Å². The van der Waals surface area contributed by atoms with Crippen LogP contribution in [0.15, 0.2) is 36.4 Å². The van der Waals surface area contributed by atoms with Gasteiger partial charge in [-0.1, -0.05) is 41.4 Å². The highest BCUT2D eigenvalue weighted by molar-refractivity contribution is 6.31. The summed E-state index contributed by atoms with van der Waals surface area (Å²) in [6.45, 7) is 4.75. The van der Waals surface area contributed by atoms with E-state index < -0.39 is 29.7 Å². The number of aryl methyl sites for hydroxylation is 2. The number of halogens is 4. The highest BCUT2D eigenvalue weighted by Crippen LogP contribution is 2.40. The Hall–Kier alpha value is -2.05. The minimum Gasteiger partial charge on any atom is -0.481 e. The summed E-state index contributed by atoms with van der Waals surface area (Å²) < 4.78 is 40.4. The fourth-order valence-electron chi connectivity index (χ4n) is 4.01. The van der Waals surface area contributed by atoms with E-state index in [4.69, 9.17) is 11.6 Å². The van der Waals surface area contributed by atoms with Gasteiger partial charge in [0.2, 0.25) is 0 Å². The van der Waals surface area contributed by atoms with Crippen LogP contribution in [0.5, 0.6) is 0 Å². The third-order valence-corrected chi connectivity index (χ3v) is 5.84. The molecule has 1 aliphatic heterocycles. The molecule has 1 heterocycles. The van der Waals surface area contributed by atoms with E-state index in [9.17, 15) is 23.1 Å². The van der Waals surface area contributed by atoms with E-state index in [1.165, 1.54) is 6.07 Å². The molecule has 3 nitrogen and oxygen atoms in total. The number of nitrogens with zero attached hydrogens (tertiary/aromatic N) is 1. The number of carboxylic acid groups (broad SMARTS) is 1. The lowest BCUT2D eigenvalue weighted by atomic mass is 9.88. The Labute approximate surface area is 173 Å². The Morgan fingerprint density at radius 3 is 2.59 bits per heavy atom. The Balaban J connectivity index is 2.14. The summed E-state index contributed by atoms with van der Waals surface area (Å²) in [7, 11) is 0. The van der Waals surface area contributed by atoms with Gasteiger partial charge in [-0.3, -0.25) is 9.69 Å². The van der Waals surface area contributed by atoms with Gasteiger partial charge in [-0.2, -0.15) is 13.2 Å². The lowest BCUT2D eigenvalue weighted by Gasteiger charge is -2.38. The first kappa shape index (κ1) is 21.7. The number of rotatable bonds is 4. The zero-order valence-electron chi connectivity index (χ0n) is 16.3. The van der Waals surface area contributed by atoms with E-state index >= 15 is 0 Å². The maximum Gasteiger partial charge on any atom is 0.417 e. The van der Waals surface area contributed by atoms with Gasteiger partial charge in [-0.05, 0) is 62.1 Å². The van der Waals surface area contributed by atoms with E-state index in [-0.39, 0.29) is 11.6 Å². The fraction of sp³-hybridized carbons (Fsp3) is 0.409. The predicted molar refractivity (Wildman–Crippen MR) is 106 cm³/mol. The number of alkyl halides is 3. The number of carboxylic acids is 1. The molecule has 1 saturated heterocycles. The van der Waals surface area contributed by atoms with Gasteiger partial charge >= 0.3 is 12.1 Å². The number of hydrogen-bond donors (Lipinski definition) is 1. The van der Waals surface area contributed by atoms with E-state index in [0.29, 0.717) is 24.9 Å². The molecule has 1 fully saturated rings. The maximum absolute atomic E-state index is 13.5. The molecule has 0 radical (unpaired) electrons. The summed E-state index contributed by atoms with van der Waals surface area (Å²) >= 11 is 5.83. The van der Waals surface area contributed by atoms with Crippen LogP contribution in [0.4, 0.5) is 13.2 Å². The van der Waals surface area contributed by atoms with Gasteiger partial charge in [0.1, 0.15) is 0 Å². The molecule has 1 N–H and O–H groups in total. The van der Waals surface area contributed by atoms with E-state index in [0.717, 1.165) is 22.8 Å².